The fourth-order valence-electron chi connectivity index (χ4n) is 2.01. The van der Waals surface area contributed by atoms with Crippen LogP contribution in [0.1, 0.15) is 12.0 Å². The van der Waals surface area contributed by atoms with Gasteiger partial charge in [0.1, 0.15) is 0 Å². The summed E-state index contributed by atoms with van der Waals surface area (Å²) < 4.78 is 5.41. The van der Waals surface area contributed by atoms with Crippen LogP contribution in [-0.2, 0) is 9.53 Å². The molecule has 1 aliphatic rings. The number of benzene rings is 1. The van der Waals surface area contributed by atoms with Gasteiger partial charge in [0.25, 0.3) is 0 Å². The van der Waals surface area contributed by atoms with Crippen LogP contribution in [0.2, 0.25) is 5.02 Å². The smallest absolute Gasteiger partial charge is 0.328 e. The first-order valence-electron chi connectivity index (χ1n) is 6.20. The topological polar surface area (TPSA) is 49.8 Å². The molecular weight excluding hydrogens is 266 g/mol. The van der Waals surface area contributed by atoms with Crippen molar-refractivity contribution in [1.29, 1.82) is 0 Å². The Balaban J connectivity index is 2.15. The average molecular weight is 282 g/mol. The van der Waals surface area contributed by atoms with E-state index in [0.29, 0.717) is 10.6 Å². The fraction of sp³-hybridized carbons (Fsp3) is 0.357. The number of nitrogens with zero attached hydrogens (tertiary/aromatic N) is 1. The van der Waals surface area contributed by atoms with Crippen molar-refractivity contribution >= 4 is 29.3 Å². The van der Waals surface area contributed by atoms with E-state index in [1.165, 1.54) is 6.08 Å². The molecule has 2 rings (SSSR count). The van der Waals surface area contributed by atoms with E-state index >= 15 is 0 Å². The van der Waals surface area contributed by atoms with Gasteiger partial charge in [0.2, 0.25) is 0 Å². The lowest BCUT2D eigenvalue weighted by atomic mass is 10.1. The molecule has 1 heterocycles. The summed E-state index contributed by atoms with van der Waals surface area (Å²) in [5.41, 5.74) is 1.75. The van der Waals surface area contributed by atoms with Crippen LogP contribution in [0.5, 0.6) is 0 Å². The van der Waals surface area contributed by atoms with Crippen LogP contribution in [0.4, 0.5) is 5.69 Å². The van der Waals surface area contributed by atoms with Gasteiger partial charge in [0.05, 0.1) is 6.61 Å². The van der Waals surface area contributed by atoms with Gasteiger partial charge in [-0.3, -0.25) is 0 Å². The fourth-order valence-corrected chi connectivity index (χ4v) is 2.25. The molecule has 0 spiro atoms. The molecule has 0 atom stereocenters. The average Bonchev–Trinajstić information content (AvgIpc) is 2.66. The number of hydrogen-bond acceptors (Lipinski definition) is 3. The lowest BCUT2D eigenvalue weighted by molar-refractivity contribution is -0.131. The summed E-state index contributed by atoms with van der Waals surface area (Å²) >= 11 is 6.17. The molecule has 1 aliphatic heterocycles. The first-order chi connectivity index (χ1) is 9.16. The predicted molar refractivity (Wildman–Crippen MR) is 75.8 cm³/mol. The van der Waals surface area contributed by atoms with E-state index in [1.54, 1.807) is 0 Å². The van der Waals surface area contributed by atoms with Crippen LogP contribution in [0.15, 0.2) is 24.3 Å². The summed E-state index contributed by atoms with van der Waals surface area (Å²) in [6.45, 7) is 3.31. The van der Waals surface area contributed by atoms with Crippen LogP contribution < -0.4 is 4.90 Å². The molecule has 1 fully saturated rings. The highest BCUT2D eigenvalue weighted by atomic mass is 35.5. The zero-order chi connectivity index (χ0) is 13.7. The predicted octanol–water partition coefficient (Wildman–Crippen LogP) is 2.66. The maximum absolute atomic E-state index is 10.5. The lowest BCUT2D eigenvalue weighted by Gasteiger charge is -2.22. The number of rotatable bonds is 3. The molecule has 0 unspecified atom stereocenters. The zero-order valence-corrected chi connectivity index (χ0v) is 11.3. The summed E-state index contributed by atoms with van der Waals surface area (Å²) in [4.78, 5) is 12.7. The highest BCUT2D eigenvalue weighted by Crippen LogP contribution is 2.25. The van der Waals surface area contributed by atoms with Gasteiger partial charge in [-0.2, -0.15) is 0 Å². The van der Waals surface area contributed by atoms with Gasteiger partial charge in [-0.25, -0.2) is 4.79 Å². The highest BCUT2D eigenvalue weighted by molar-refractivity contribution is 6.32. The van der Waals surface area contributed by atoms with Crippen LogP contribution in [0.25, 0.3) is 6.08 Å². The van der Waals surface area contributed by atoms with E-state index in [-0.39, 0.29) is 0 Å². The summed E-state index contributed by atoms with van der Waals surface area (Å²) in [6.07, 6.45) is 3.58. The minimum absolute atomic E-state index is 0.556. The molecule has 1 aromatic rings. The Hall–Kier alpha value is -1.52. The molecule has 0 amide bonds. The van der Waals surface area contributed by atoms with E-state index in [4.69, 9.17) is 21.4 Å². The second-order valence-corrected chi connectivity index (χ2v) is 4.74. The number of aliphatic carboxylic acids is 1. The number of carboxylic acids is 1. The monoisotopic (exact) mass is 281 g/mol. The zero-order valence-electron chi connectivity index (χ0n) is 10.5. The third-order valence-corrected chi connectivity index (χ3v) is 3.30. The van der Waals surface area contributed by atoms with Gasteiger partial charge >= 0.3 is 5.97 Å². The summed E-state index contributed by atoms with van der Waals surface area (Å²) in [5, 5.41) is 9.16. The summed E-state index contributed by atoms with van der Waals surface area (Å²) in [5.74, 6) is -0.982. The Labute approximate surface area is 117 Å². The standard InChI is InChI=1S/C14H16ClNO3/c15-13-10-12(16-6-1-8-19-9-7-16)4-2-11(13)3-5-14(17)18/h2-5,10H,1,6-9H2,(H,17,18)/b5-3+. The van der Waals surface area contributed by atoms with Crippen molar-refractivity contribution in [3.05, 3.63) is 34.9 Å². The van der Waals surface area contributed by atoms with Crippen molar-refractivity contribution in [1.82, 2.24) is 0 Å². The van der Waals surface area contributed by atoms with E-state index < -0.39 is 5.97 Å². The van der Waals surface area contributed by atoms with E-state index in [2.05, 4.69) is 4.90 Å². The van der Waals surface area contributed by atoms with Crippen molar-refractivity contribution in [2.75, 3.05) is 31.2 Å². The quantitative estimate of drug-likeness (QED) is 0.866. The first-order valence-corrected chi connectivity index (χ1v) is 6.58. The number of halogens is 1. The lowest BCUT2D eigenvalue weighted by Crippen LogP contribution is -2.25. The molecule has 0 saturated carbocycles. The third kappa shape index (κ3) is 3.98. The molecule has 0 radical (unpaired) electrons. The van der Waals surface area contributed by atoms with E-state index in [0.717, 1.165) is 44.5 Å². The van der Waals surface area contributed by atoms with Crippen molar-refractivity contribution < 1.29 is 14.6 Å². The van der Waals surface area contributed by atoms with E-state index in [9.17, 15) is 4.79 Å². The molecule has 102 valence electrons. The van der Waals surface area contributed by atoms with Gasteiger partial charge in [0.15, 0.2) is 0 Å². The van der Waals surface area contributed by atoms with Crippen molar-refractivity contribution in [2.45, 2.75) is 6.42 Å². The summed E-state index contributed by atoms with van der Waals surface area (Å²) in [6, 6.07) is 5.66. The Morgan fingerprint density at radius 3 is 2.95 bits per heavy atom. The molecule has 5 heteroatoms. The Morgan fingerprint density at radius 1 is 1.37 bits per heavy atom. The molecule has 19 heavy (non-hydrogen) atoms. The molecule has 0 aromatic heterocycles. The first kappa shape index (κ1) is 13.9. The van der Waals surface area contributed by atoms with Crippen LogP contribution in [0.3, 0.4) is 0 Å². The van der Waals surface area contributed by atoms with Crippen molar-refractivity contribution in [3.8, 4) is 0 Å². The van der Waals surface area contributed by atoms with Crippen LogP contribution in [0, 0.1) is 0 Å². The van der Waals surface area contributed by atoms with Gasteiger partial charge < -0.3 is 14.7 Å². The number of carbonyl (C=O) groups is 1. The summed E-state index contributed by atoms with van der Waals surface area (Å²) in [7, 11) is 0. The number of hydrogen-bond donors (Lipinski definition) is 1. The molecule has 0 bridgehead atoms. The largest absolute Gasteiger partial charge is 0.478 e. The molecule has 0 aliphatic carbocycles. The van der Waals surface area contributed by atoms with Gasteiger partial charge in [-0.05, 0) is 30.2 Å². The van der Waals surface area contributed by atoms with Crippen LogP contribution >= 0.6 is 11.6 Å². The van der Waals surface area contributed by atoms with Gasteiger partial charge in [-0.15, -0.1) is 0 Å². The minimum Gasteiger partial charge on any atom is -0.478 e. The molecule has 1 N–H and O–H groups in total. The Kier molecular flexibility index (Phi) is 4.82. The molecule has 4 nitrogen and oxygen atoms in total. The number of carboxylic acid groups (broad SMARTS) is 1. The molecule has 1 saturated heterocycles. The normalized spacial score (nSPS) is 16.6. The maximum atomic E-state index is 10.5. The van der Waals surface area contributed by atoms with Crippen molar-refractivity contribution in [2.24, 2.45) is 0 Å². The van der Waals surface area contributed by atoms with Crippen molar-refractivity contribution in [3.63, 3.8) is 0 Å². The number of anilines is 1. The highest BCUT2D eigenvalue weighted by Gasteiger charge is 2.11. The number of ether oxygens (including phenoxy) is 1. The SMILES string of the molecule is O=C(O)/C=C/c1ccc(N2CCCOCC2)cc1Cl. The second-order valence-electron chi connectivity index (χ2n) is 4.33. The molecule has 1 aromatic carbocycles. The molecular formula is C14H16ClNO3. The maximum Gasteiger partial charge on any atom is 0.328 e. The second kappa shape index (κ2) is 6.59. The van der Waals surface area contributed by atoms with Crippen LogP contribution in [-0.4, -0.2) is 37.4 Å². The third-order valence-electron chi connectivity index (χ3n) is 2.98. The van der Waals surface area contributed by atoms with E-state index in [1.807, 2.05) is 18.2 Å². The Morgan fingerprint density at radius 2 is 2.21 bits per heavy atom. The van der Waals surface area contributed by atoms with Gasteiger partial charge in [0, 0.05) is 36.5 Å². The minimum atomic E-state index is -0.982. The van der Waals surface area contributed by atoms with Gasteiger partial charge in [-0.1, -0.05) is 17.7 Å². The Bertz CT molecular complexity index is 480.